The molecule has 0 saturated carbocycles. The summed E-state index contributed by atoms with van der Waals surface area (Å²) in [5.41, 5.74) is 2.03. The third-order valence-corrected chi connectivity index (χ3v) is 4.11. The zero-order chi connectivity index (χ0) is 15.7. The predicted molar refractivity (Wildman–Crippen MR) is 81.5 cm³/mol. The number of hydrogen-bond acceptors (Lipinski definition) is 4. The number of fused-ring (bicyclic) bond motifs is 3. The molecule has 5 nitrogen and oxygen atoms in total. The lowest BCUT2D eigenvalue weighted by molar-refractivity contribution is -0.144. The SMILES string of the molecule is CC(Oc1ccc2c3c(c(=O)oc2c1)CCCCC3)C(=O)O. The number of rotatable bonds is 3. The van der Waals surface area contributed by atoms with Gasteiger partial charge in [-0.25, -0.2) is 9.59 Å². The molecule has 1 atom stereocenters. The molecule has 1 unspecified atom stereocenters. The quantitative estimate of drug-likeness (QED) is 0.697. The molecular formula is C17H18O5. The first-order valence-corrected chi connectivity index (χ1v) is 7.54. The van der Waals surface area contributed by atoms with Gasteiger partial charge in [0.25, 0.3) is 0 Å². The zero-order valence-corrected chi connectivity index (χ0v) is 12.4. The molecule has 0 amide bonds. The van der Waals surface area contributed by atoms with Gasteiger partial charge in [0, 0.05) is 17.0 Å². The second kappa shape index (κ2) is 5.83. The van der Waals surface area contributed by atoms with Crippen molar-refractivity contribution in [1.82, 2.24) is 0 Å². The third-order valence-electron chi connectivity index (χ3n) is 4.11. The van der Waals surface area contributed by atoms with Crippen molar-refractivity contribution in [1.29, 1.82) is 0 Å². The number of aryl methyl sites for hydroxylation is 1. The van der Waals surface area contributed by atoms with Gasteiger partial charge in [-0.15, -0.1) is 0 Å². The first-order valence-electron chi connectivity index (χ1n) is 7.54. The molecule has 0 fully saturated rings. The standard InChI is InChI=1S/C17H18O5/c1-10(16(18)19)21-11-7-8-13-12-5-3-2-4-6-14(12)17(20)22-15(13)9-11/h7-10H,2-6H2,1H3,(H,18,19). The van der Waals surface area contributed by atoms with E-state index in [9.17, 15) is 9.59 Å². The maximum Gasteiger partial charge on any atom is 0.344 e. The molecule has 0 spiro atoms. The summed E-state index contributed by atoms with van der Waals surface area (Å²) in [7, 11) is 0. The number of ether oxygens (including phenoxy) is 1. The van der Waals surface area contributed by atoms with Crippen LogP contribution in [0.5, 0.6) is 5.75 Å². The minimum absolute atomic E-state index is 0.284. The van der Waals surface area contributed by atoms with Crippen molar-refractivity contribution in [2.45, 2.75) is 45.1 Å². The van der Waals surface area contributed by atoms with Crippen molar-refractivity contribution in [3.05, 3.63) is 39.7 Å². The van der Waals surface area contributed by atoms with E-state index in [1.54, 1.807) is 12.1 Å². The molecule has 2 aromatic rings. The van der Waals surface area contributed by atoms with Crippen LogP contribution in [0.15, 0.2) is 27.4 Å². The number of carbonyl (C=O) groups is 1. The molecule has 0 saturated heterocycles. The fourth-order valence-electron chi connectivity index (χ4n) is 2.93. The van der Waals surface area contributed by atoms with Gasteiger partial charge in [-0.3, -0.25) is 0 Å². The average molecular weight is 302 g/mol. The largest absolute Gasteiger partial charge is 0.479 e. The van der Waals surface area contributed by atoms with Gasteiger partial charge in [-0.05, 0) is 50.3 Å². The van der Waals surface area contributed by atoms with Gasteiger partial charge in [-0.1, -0.05) is 6.42 Å². The molecule has 0 radical (unpaired) electrons. The summed E-state index contributed by atoms with van der Waals surface area (Å²) < 4.78 is 10.7. The summed E-state index contributed by atoms with van der Waals surface area (Å²) in [6, 6.07) is 5.18. The van der Waals surface area contributed by atoms with Crippen LogP contribution in [-0.4, -0.2) is 17.2 Å². The van der Waals surface area contributed by atoms with Crippen LogP contribution in [0.4, 0.5) is 0 Å². The second-order valence-corrected chi connectivity index (χ2v) is 5.66. The minimum atomic E-state index is -1.04. The van der Waals surface area contributed by atoms with E-state index in [-0.39, 0.29) is 5.63 Å². The molecule has 1 heterocycles. The van der Waals surface area contributed by atoms with Crippen molar-refractivity contribution < 1.29 is 19.1 Å². The molecule has 1 N–H and O–H groups in total. The maximum absolute atomic E-state index is 12.2. The average Bonchev–Trinajstić information content (AvgIpc) is 2.73. The second-order valence-electron chi connectivity index (χ2n) is 5.66. The van der Waals surface area contributed by atoms with Crippen molar-refractivity contribution in [3.63, 3.8) is 0 Å². The van der Waals surface area contributed by atoms with Gasteiger partial charge >= 0.3 is 11.6 Å². The van der Waals surface area contributed by atoms with E-state index < -0.39 is 12.1 Å². The van der Waals surface area contributed by atoms with Gasteiger partial charge < -0.3 is 14.3 Å². The fourth-order valence-corrected chi connectivity index (χ4v) is 2.93. The van der Waals surface area contributed by atoms with E-state index in [0.29, 0.717) is 11.3 Å². The molecule has 1 aromatic carbocycles. The van der Waals surface area contributed by atoms with Gasteiger partial charge in [-0.2, -0.15) is 0 Å². The Kier molecular flexibility index (Phi) is 3.88. The zero-order valence-electron chi connectivity index (χ0n) is 12.4. The van der Waals surface area contributed by atoms with Crippen molar-refractivity contribution in [2.24, 2.45) is 0 Å². The number of carboxylic acids is 1. The molecular weight excluding hydrogens is 284 g/mol. The summed E-state index contributed by atoms with van der Waals surface area (Å²) in [6.07, 6.45) is 3.89. The number of aliphatic carboxylic acids is 1. The van der Waals surface area contributed by atoms with Crippen LogP contribution < -0.4 is 10.4 Å². The number of carboxylic acid groups (broad SMARTS) is 1. The topological polar surface area (TPSA) is 76.7 Å². The molecule has 0 aliphatic heterocycles. The van der Waals surface area contributed by atoms with Crippen LogP contribution in [-0.2, 0) is 17.6 Å². The Morgan fingerprint density at radius 1 is 1.23 bits per heavy atom. The molecule has 22 heavy (non-hydrogen) atoms. The highest BCUT2D eigenvalue weighted by molar-refractivity contribution is 5.83. The summed E-state index contributed by atoms with van der Waals surface area (Å²) in [5.74, 6) is -0.650. The summed E-state index contributed by atoms with van der Waals surface area (Å²) >= 11 is 0. The fraction of sp³-hybridized carbons (Fsp3) is 0.412. The Bertz CT molecular complexity index is 774. The first-order chi connectivity index (χ1) is 10.6. The molecule has 116 valence electrons. The minimum Gasteiger partial charge on any atom is -0.479 e. The van der Waals surface area contributed by atoms with Crippen molar-refractivity contribution in [2.75, 3.05) is 0 Å². The van der Waals surface area contributed by atoms with Crippen molar-refractivity contribution in [3.8, 4) is 5.75 Å². The Hall–Kier alpha value is -2.30. The number of hydrogen-bond donors (Lipinski definition) is 1. The van der Waals surface area contributed by atoms with Gasteiger partial charge in [0.05, 0.1) is 0 Å². The number of benzene rings is 1. The van der Waals surface area contributed by atoms with E-state index >= 15 is 0 Å². The smallest absolute Gasteiger partial charge is 0.344 e. The van der Waals surface area contributed by atoms with Crippen LogP contribution >= 0.6 is 0 Å². The Balaban J connectivity index is 2.07. The van der Waals surface area contributed by atoms with E-state index in [1.807, 2.05) is 6.07 Å². The van der Waals surface area contributed by atoms with Crippen molar-refractivity contribution >= 4 is 16.9 Å². The Labute approximate surface area is 127 Å². The van der Waals surface area contributed by atoms with E-state index in [2.05, 4.69) is 0 Å². The van der Waals surface area contributed by atoms with E-state index in [4.69, 9.17) is 14.3 Å². The highest BCUT2D eigenvalue weighted by atomic mass is 16.5. The maximum atomic E-state index is 12.2. The Morgan fingerprint density at radius 3 is 2.68 bits per heavy atom. The molecule has 1 aromatic heterocycles. The van der Waals surface area contributed by atoms with Gasteiger partial charge in [0.1, 0.15) is 11.3 Å². The molecule has 1 aliphatic carbocycles. The summed E-state index contributed by atoms with van der Waals surface area (Å²) in [6.45, 7) is 1.46. The third kappa shape index (κ3) is 2.71. The molecule has 0 bridgehead atoms. The molecule has 1 aliphatic rings. The molecule has 3 rings (SSSR count). The predicted octanol–water partition coefficient (Wildman–Crippen LogP) is 2.91. The van der Waals surface area contributed by atoms with Crippen LogP contribution in [0.2, 0.25) is 0 Å². The van der Waals surface area contributed by atoms with E-state index in [1.165, 1.54) is 6.92 Å². The van der Waals surface area contributed by atoms with Crippen LogP contribution in [0.1, 0.15) is 37.3 Å². The van der Waals surface area contributed by atoms with E-state index in [0.717, 1.165) is 48.6 Å². The lowest BCUT2D eigenvalue weighted by Crippen LogP contribution is -2.22. The normalized spacial score (nSPS) is 15.9. The van der Waals surface area contributed by atoms with Crippen LogP contribution in [0.25, 0.3) is 11.0 Å². The van der Waals surface area contributed by atoms with Gasteiger partial charge in [0.15, 0.2) is 6.10 Å². The molecule has 5 heteroatoms. The first kappa shape index (κ1) is 14.6. The highest BCUT2D eigenvalue weighted by Crippen LogP contribution is 2.28. The van der Waals surface area contributed by atoms with Crippen LogP contribution in [0.3, 0.4) is 0 Å². The summed E-state index contributed by atoms with van der Waals surface area (Å²) in [5, 5.41) is 9.81. The Morgan fingerprint density at radius 2 is 1.95 bits per heavy atom. The highest BCUT2D eigenvalue weighted by Gasteiger charge is 2.18. The lowest BCUT2D eigenvalue weighted by atomic mass is 10.0. The summed E-state index contributed by atoms with van der Waals surface area (Å²) in [4.78, 5) is 23.0. The monoisotopic (exact) mass is 302 g/mol. The lowest BCUT2D eigenvalue weighted by Gasteiger charge is -2.12. The van der Waals surface area contributed by atoms with Gasteiger partial charge in [0.2, 0.25) is 0 Å². The van der Waals surface area contributed by atoms with Crippen LogP contribution in [0, 0.1) is 0 Å².